The first-order valence-electron chi connectivity index (χ1n) is 13.9. The number of hydrogen-bond acceptors (Lipinski definition) is 9. The minimum Gasteiger partial charge on any atom is -0.493 e. The minimum absolute atomic E-state index is 0.287. The molecule has 0 spiro atoms. The van der Waals surface area contributed by atoms with Crippen LogP contribution in [0.4, 0.5) is 4.79 Å². The van der Waals surface area contributed by atoms with Crippen molar-refractivity contribution in [2.45, 2.75) is 65.3 Å². The predicted octanol–water partition coefficient (Wildman–Crippen LogP) is 5.30. The maximum Gasteiger partial charge on any atom is 0.500 e. The summed E-state index contributed by atoms with van der Waals surface area (Å²) in [5.74, 6) is 0.387. The summed E-state index contributed by atoms with van der Waals surface area (Å²) in [6.07, 6.45) is 5.24. The van der Waals surface area contributed by atoms with E-state index < -0.39 is 20.9 Å². The third kappa shape index (κ3) is 12.6. The molecule has 1 rings (SSSR count). The Morgan fingerprint density at radius 1 is 0.850 bits per heavy atom. The van der Waals surface area contributed by atoms with E-state index in [9.17, 15) is 14.7 Å². The molecule has 0 atom stereocenters. The van der Waals surface area contributed by atoms with Gasteiger partial charge in [0.05, 0.1) is 27.9 Å². The van der Waals surface area contributed by atoms with Crippen molar-refractivity contribution in [3.63, 3.8) is 0 Å². The van der Waals surface area contributed by atoms with Crippen molar-refractivity contribution >= 4 is 26.9 Å². The van der Waals surface area contributed by atoms with Gasteiger partial charge in [-0.3, -0.25) is 0 Å². The normalized spacial score (nSPS) is 11.7. The van der Waals surface area contributed by atoms with E-state index in [-0.39, 0.29) is 5.57 Å². The molecule has 0 aromatic heterocycles. The molecular formula is C28H47NO10Si. The Labute approximate surface area is 239 Å². The molecule has 0 saturated carbocycles. The lowest BCUT2D eigenvalue weighted by molar-refractivity contribution is -0.132. The monoisotopic (exact) mass is 585 g/mol. The first kappa shape index (κ1) is 35.2. The number of carbonyl (C=O) groups is 2. The molecule has 0 heterocycles. The van der Waals surface area contributed by atoms with Crippen molar-refractivity contribution in [3.8, 4) is 17.2 Å². The number of benzene rings is 1. The number of amides is 1. The highest BCUT2D eigenvalue weighted by molar-refractivity contribution is 6.60. The molecule has 11 nitrogen and oxygen atoms in total. The van der Waals surface area contributed by atoms with Gasteiger partial charge in [-0.25, -0.2) is 9.59 Å². The molecule has 0 aliphatic heterocycles. The Kier molecular flexibility index (Phi) is 17.7. The zero-order chi connectivity index (χ0) is 29.8. The molecule has 40 heavy (non-hydrogen) atoms. The van der Waals surface area contributed by atoms with Gasteiger partial charge in [0, 0.05) is 38.0 Å². The smallest absolute Gasteiger partial charge is 0.493 e. The summed E-state index contributed by atoms with van der Waals surface area (Å²) in [4.78, 5) is 23.8. The van der Waals surface area contributed by atoms with Crippen LogP contribution in [-0.4, -0.2) is 80.3 Å². The van der Waals surface area contributed by atoms with E-state index in [2.05, 4.69) is 5.32 Å². The molecular weight excluding hydrogens is 538 g/mol. The number of nitrogens with one attached hydrogen (secondary N) is 1. The molecule has 1 aromatic carbocycles. The number of carbonyl (C=O) groups excluding carboxylic acids is 1. The Bertz CT molecular complexity index is 882. The second-order valence-electron chi connectivity index (χ2n) is 8.75. The van der Waals surface area contributed by atoms with Crippen LogP contribution in [0.15, 0.2) is 17.7 Å². The number of rotatable bonds is 22. The standard InChI is InChI=1S/C28H47NO10Si/c1-7-37-40(38-8-2,39-9-3)18-14-16-29-28(32)36-17-13-11-10-12-15-23(27(30)31)19-22-20-24(33-4)26(35-6)25(21-22)34-5/h19-21H,7-18H2,1-6H3,(H,29,32)(H,30,31)/b23-19+. The Hall–Kier alpha value is -2.80. The van der Waals surface area contributed by atoms with Gasteiger partial charge in [-0.1, -0.05) is 12.8 Å². The average Bonchev–Trinajstić information content (AvgIpc) is 2.93. The van der Waals surface area contributed by atoms with Gasteiger partial charge in [-0.2, -0.15) is 0 Å². The number of alkyl carbamates (subject to hydrolysis) is 1. The Balaban J connectivity index is 2.39. The van der Waals surface area contributed by atoms with Gasteiger partial charge < -0.3 is 42.6 Å². The van der Waals surface area contributed by atoms with Crippen LogP contribution in [0.25, 0.3) is 6.08 Å². The second-order valence-corrected chi connectivity index (χ2v) is 11.5. The van der Waals surface area contributed by atoms with Crippen LogP contribution < -0.4 is 19.5 Å². The first-order valence-corrected chi connectivity index (χ1v) is 15.8. The molecule has 0 saturated heterocycles. The first-order chi connectivity index (χ1) is 19.3. The summed E-state index contributed by atoms with van der Waals surface area (Å²) in [5, 5.41) is 12.4. The van der Waals surface area contributed by atoms with Gasteiger partial charge in [0.15, 0.2) is 11.5 Å². The van der Waals surface area contributed by atoms with Crippen LogP contribution in [0.2, 0.25) is 6.04 Å². The van der Waals surface area contributed by atoms with Gasteiger partial charge in [0.25, 0.3) is 0 Å². The lowest BCUT2D eigenvalue weighted by atomic mass is 10.0. The quantitative estimate of drug-likeness (QED) is 0.105. The van der Waals surface area contributed by atoms with Crippen molar-refractivity contribution in [1.82, 2.24) is 5.32 Å². The number of unbranched alkanes of at least 4 members (excludes halogenated alkanes) is 3. The molecule has 0 aliphatic rings. The van der Waals surface area contributed by atoms with Gasteiger partial charge in [-0.15, -0.1) is 0 Å². The number of ether oxygens (including phenoxy) is 4. The molecule has 228 valence electrons. The molecule has 12 heteroatoms. The highest BCUT2D eigenvalue weighted by atomic mass is 28.4. The molecule has 0 unspecified atom stereocenters. The fourth-order valence-corrected chi connectivity index (χ4v) is 6.72. The highest BCUT2D eigenvalue weighted by Crippen LogP contribution is 2.38. The van der Waals surface area contributed by atoms with E-state index in [0.29, 0.717) is 87.5 Å². The molecule has 1 aromatic rings. The lowest BCUT2D eigenvalue weighted by Crippen LogP contribution is -2.46. The van der Waals surface area contributed by atoms with Crippen molar-refractivity contribution in [2.24, 2.45) is 0 Å². The maximum atomic E-state index is 12.0. The van der Waals surface area contributed by atoms with E-state index in [0.717, 1.165) is 12.8 Å². The summed E-state index contributed by atoms with van der Waals surface area (Å²) in [6, 6.07) is 4.04. The van der Waals surface area contributed by atoms with E-state index in [1.807, 2.05) is 20.8 Å². The summed E-state index contributed by atoms with van der Waals surface area (Å²) in [5.41, 5.74) is 0.933. The van der Waals surface area contributed by atoms with Gasteiger partial charge in [-0.05, 0) is 70.2 Å². The fourth-order valence-electron chi connectivity index (χ4n) is 4.11. The topological polar surface area (TPSA) is 131 Å². The van der Waals surface area contributed by atoms with E-state index >= 15 is 0 Å². The lowest BCUT2D eigenvalue weighted by Gasteiger charge is -2.28. The van der Waals surface area contributed by atoms with E-state index in [4.69, 9.17) is 32.2 Å². The number of carboxylic acids is 1. The number of carboxylic acid groups (broad SMARTS) is 1. The minimum atomic E-state index is -2.71. The van der Waals surface area contributed by atoms with E-state index in [1.165, 1.54) is 21.3 Å². The molecule has 0 aliphatic carbocycles. The van der Waals surface area contributed by atoms with Crippen LogP contribution in [0, 0.1) is 0 Å². The second kappa shape index (κ2) is 20.1. The number of aliphatic carboxylic acids is 1. The molecule has 2 N–H and O–H groups in total. The van der Waals surface area contributed by atoms with Gasteiger partial charge >= 0.3 is 20.9 Å². The van der Waals surface area contributed by atoms with Gasteiger partial charge in [0.2, 0.25) is 5.75 Å². The van der Waals surface area contributed by atoms with Crippen molar-refractivity contribution < 1.29 is 46.9 Å². The summed E-state index contributed by atoms with van der Waals surface area (Å²) < 4.78 is 38.7. The number of hydrogen-bond donors (Lipinski definition) is 2. The SMILES string of the molecule is CCO[Si](CCCNC(=O)OCCCCCC/C(=C\c1cc(OC)c(OC)c(OC)c1)C(=O)O)(OCC)OCC. The van der Waals surface area contributed by atoms with Gasteiger partial charge in [0.1, 0.15) is 0 Å². The third-order valence-electron chi connectivity index (χ3n) is 5.90. The molecule has 1 amide bonds. The molecule has 0 bridgehead atoms. The van der Waals surface area contributed by atoms with Crippen molar-refractivity contribution in [2.75, 3.05) is 54.3 Å². The fraction of sp³-hybridized carbons (Fsp3) is 0.643. The molecule has 0 radical (unpaired) electrons. The van der Waals surface area contributed by atoms with E-state index in [1.54, 1.807) is 18.2 Å². The zero-order valence-electron chi connectivity index (χ0n) is 24.8. The third-order valence-corrected chi connectivity index (χ3v) is 9.05. The average molecular weight is 586 g/mol. The largest absolute Gasteiger partial charge is 0.500 e. The van der Waals surface area contributed by atoms with Crippen LogP contribution in [0.5, 0.6) is 17.2 Å². The number of methoxy groups -OCH3 is 3. The molecule has 0 fully saturated rings. The van der Waals surface area contributed by atoms with Crippen LogP contribution in [0.3, 0.4) is 0 Å². The summed E-state index contributed by atoms with van der Waals surface area (Å²) in [7, 11) is 1.82. The van der Waals surface area contributed by atoms with Crippen LogP contribution >= 0.6 is 0 Å². The highest BCUT2D eigenvalue weighted by Gasteiger charge is 2.39. The predicted molar refractivity (Wildman–Crippen MR) is 154 cm³/mol. The van der Waals surface area contributed by atoms with Crippen molar-refractivity contribution in [1.29, 1.82) is 0 Å². The van der Waals surface area contributed by atoms with Crippen molar-refractivity contribution in [3.05, 3.63) is 23.3 Å². The Morgan fingerprint density at radius 2 is 1.43 bits per heavy atom. The Morgan fingerprint density at radius 3 is 1.93 bits per heavy atom. The van der Waals surface area contributed by atoms with Crippen LogP contribution in [0.1, 0.15) is 64.9 Å². The summed E-state index contributed by atoms with van der Waals surface area (Å²) >= 11 is 0. The summed E-state index contributed by atoms with van der Waals surface area (Å²) in [6.45, 7) is 8.03. The van der Waals surface area contributed by atoms with Crippen LogP contribution in [-0.2, 0) is 22.8 Å². The maximum absolute atomic E-state index is 12.0. The zero-order valence-corrected chi connectivity index (χ0v) is 25.8.